The summed E-state index contributed by atoms with van der Waals surface area (Å²) in [6.45, 7) is 1.13. The molecule has 9 atom stereocenters. The minimum atomic E-state index is -1.74. The van der Waals surface area contributed by atoms with E-state index in [-0.39, 0.29) is 29.1 Å². The smallest absolute Gasteiger partial charge is 0.239 e. The molecule has 0 bridgehead atoms. The summed E-state index contributed by atoms with van der Waals surface area (Å²) in [5.74, 6) is -0.801. The molecule has 2 fully saturated rings. The Morgan fingerprint density at radius 3 is 2.20 bits per heavy atom. The monoisotopic (exact) mass is 578 g/mol. The number of hydrogen-bond donors (Lipinski definition) is 7. The highest BCUT2D eigenvalue weighted by Gasteiger charge is 2.44. The molecule has 41 heavy (non-hydrogen) atoms. The Hall–Kier alpha value is -3.47. The molecule has 14 heteroatoms. The summed E-state index contributed by atoms with van der Waals surface area (Å²) < 4.78 is 33.3. The van der Waals surface area contributed by atoms with Crippen LogP contribution in [0.3, 0.4) is 0 Å². The van der Waals surface area contributed by atoms with Crippen molar-refractivity contribution in [3.8, 4) is 34.3 Å². The van der Waals surface area contributed by atoms with Crippen LogP contribution in [0, 0.1) is 0 Å². The Morgan fingerprint density at radius 1 is 0.829 bits per heavy atom. The van der Waals surface area contributed by atoms with Crippen molar-refractivity contribution in [1.29, 1.82) is 0 Å². The molecule has 2 aliphatic rings. The van der Waals surface area contributed by atoms with Crippen LogP contribution >= 0.6 is 0 Å². The number of fused-ring (bicyclic) bond motifs is 1. The SMILES string of the molecule is COc1ccc(-c2oc3cc(O[C@@H]4OC[C@@H](O)[C@H](O)[C@H]4O)cc(O)c3c(=O)c2O[C@@H]2O[C@@H](C)[C@H](O)[C@@H](O)[C@H]2O)cc1. The van der Waals surface area contributed by atoms with Gasteiger partial charge in [-0.2, -0.15) is 0 Å². The molecule has 0 amide bonds. The van der Waals surface area contributed by atoms with Gasteiger partial charge in [0.25, 0.3) is 0 Å². The van der Waals surface area contributed by atoms with Gasteiger partial charge in [-0.05, 0) is 31.2 Å². The van der Waals surface area contributed by atoms with E-state index in [9.17, 15) is 40.5 Å². The number of rotatable bonds is 6. The van der Waals surface area contributed by atoms with E-state index in [4.69, 9.17) is 28.1 Å². The largest absolute Gasteiger partial charge is 0.507 e. The second-order valence-corrected chi connectivity index (χ2v) is 9.80. The van der Waals surface area contributed by atoms with Gasteiger partial charge in [0.05, 0.1) is 19.8 Å². The van der Waals surface area contributed by atoms with Gasteiger partial charge in [-0.1, -0.05) is 0 Å². The van der Waals surface area contributed by atoms with Crippen LogP contribution < -0.4 is 19.6 Å². The first-order valence-electron chi connectivity index (χ1n) is 12.7. The fourth-order valence-corrected chi connectivity index (χ4v) is 4.61. The second-order valence-electron chi connectivity index (χ2n) is 9.80. The fourth-order valence-electron chi connectivity index (χ4n) is 4.61. The zero-order valence-corrected chi connectivity index (χ0v) is 21.9. The first-order chi connectivity index (χ1) is 19.5. The topological polar surface area (TPSA) is 218 Å². The van der Waals surface area contributed by atoms with Gasteiger partial charge in [0.2, 0.25) is 23.8 Å². The summed E-state index contributed by atoms with van der Waals surface area (Å²) in [5, 5.41) is 71.0. The second kappa shape index (κ2) is 11.4. The summed E-state index contributed by atoms with van der Waals surface area (Å²) in [6.07, 6.45) is -13.2. The lowest BCUT2D eigenvalue weighted by Crippen LogP contribution is -2.58. The van der Waals surface area contributed by atoms with Crippen LogP contribution in [0.15, 0.2) is 45.6 Å². The van der Waals surface area contributed by atoms with E-state index in [0.717, 1.165) is 6.07 Å². The molecule has 0 unspecified atom stereocenters. The van der Waals surface area contributed by atoms with E-state index in [0.29, 0.717) is 11.3 Å². The van der Waals surface area contributed by atoms with E-state index in [1.165, 1.54) is 20.1 Å². The van der Waals surface area contributed by atoms with Crippen LogP contribution in [0.4, 0.5) is 0 Å². The maximum Gasteiger partial charge on any atom is 0.239 e. The Bertz CT molecular complexity index is 1440. The van der Waals surface area contributed by atoms with Crippen LogP contribution in [0.2, 0.25) is 0 Å². The molecule has 5 rings (SSSR count). The number of hydrogen-bond acceptors (Lipinski definition) is 14. The minimum absolute atomic E-state index is 0.0999. The van der Waals surface area contributed by atoms with Crippen LogP contribution in [-0.4, -0.2) is 105 Å². The third-order valence-corrected chi connectivity index (χ3v) is 7.01. The summed E-state index contributed by atoms with van der Waals surface area (Å²) in [7, 11) is 1.47. The molecule has 2 aromatic carbocycles. The highest BCUT2D eigenvalue weighted by atomic mass is 16.7. The standard InChI is InChI=1S/C27H30O14/c1-10-18(30)21(33)23(35)27(38-10)41-25-20(32)17-14(28)7-13(39-26-22(34)19(31)15(29)9-37-26)8-16(17)40-24(25)11-3-5-12(36-2)6-4-11/h3-8,10,15,18-19,21-23,26-31,33-35H,9H2,1-2H3/t10-,15+,18-,19-,21+,22+,23+,26-,27-/m0/s1. The molecule has 7 N–H and O–H groups in total. The van der Waals surface area contributed by atoms with Gasteiger partial charge < -0.3 is 63.8 Å². The predicted molar refractivity (Wildman–Crippen MR) is 138 cm³/mol. The van der Waals surface area contributed by atoms with Gasteiger partial charge in [0, 0.05) is 17.7 Å². The van der Waals surface area contributed by atoms with Crippen LogP contribution in [0.1, 0.15) is 6.92 Å². The number of aliphatic hydroxyl groups is 6. The van der Waals surface area contributed by atoms with Crippen LogP contribution in [0.5, 0.6) is 23.0 Å². The number of benzene rings is 2. The normalized spacial score (nSPS) is 32.0. The molecular weight excluding hydrogens is 548 g/mol. The van der Waals surface area contributed by atoms with Crippen LogP contribution in [-0.2, 0) is 9.47 Å². The van der Waals surface area contributed by atoms with Gasteiger partial charge in [0.15, 0.2) is 5.76 Å². The fraction of sp³-hybridized carbons (Fsp3) is 0.444. The molecule has 2 aliphatic heterocycles. The van der Waals surface area contributed by atoms with Crippen molar-refractivity contribution in [3.63, 3.8) is 0 Å². The lowest BCUT2D eigenvalue weighted by molar-refractivity contribution is -0.268. The van der Waals surface area contributed by atoms with E-state index < -0.39 is 72.2 Å². The molecule has 0 aliphatic carbocycles. The van der Waals surface area contributed by atoms with Crippen molar-refractivity contribution in [2.24, 2.45) is 0 Å². The van der Waals surface area contributed by atoms with Crippen molar-refractivity contribution in [2.75, 3.05) is 13.7 Å². The molecular formula is C27H30O14. The van der Waals surface area contributed by atoms with Gasteiger partial charge in [0.1, 0.15) is 64.8 Å². The van der Waals surface area contributed by atoms with Crippen molar-refractivity contribution in [1.82, 2.24) is 0 Å². The van der Waals surface area contributed by atoms with Gasteiger partial charge in [-0.3, -0.25) is 4.79 Å². The number of ether oxygens (including phenoxy) is 5. The Balaban J connectivity index is 1.59. The summed E-state index contributed by atoms with van der Waals surface area (Å²) >= 11 is 0. The quantitative estimate of drug-likeness (QED) is 0.191. The molecule has 222 valence electrons. The number of phenolic OH excluding ortho intramolecular Hbond substituents is 1. The summed E-state index contributed by atoms with van der Waals surface area (Å²) in [4.78, 5) is 13.7. The lowest BCUT2D eigenvalue weighted by Gasteiger charge is -2.38. The van der Waals surface area contributed by atoms with Crippen molar-refractivity contribution >= 4 is 11.0 Å². The molecule has 1 aromatic heterocycles. The molecule has 3 aromatic rings. The van der Waals surface area contributed by atoms with Gasteiger partial charge in [-0.25, -0.2) is 0 Å². The van der Waals surface area contributed by atoms with Crippen molar-refractivity contribution in [3.05, 3.63) is 46.6 Å². The Kier molecular flexibility index (Phi) is 8.09. The molecule has 3 heterocycles. The first-order valence-corrected chi connectivity index (χ1v) is 12.7. The van der Waals surface area contributed by atoms with Crippen molar-refractivity contribution in [2.45, 2.75) is 62.2 Å². The summed E-state index contributed by atoms with van der Waals surface area (Å²) in [5.41, 5.74) is -0.701. The third kappa shape index (κ3) is 5.43. The van der Waals surface area contributed by atoms with E-state index in [1.54, 1.807) is 24.3 Å². The average molecular weight is 579 g/mol. The molecule has 2 saturated heterocycles. The van der Waals surface area contributed by atoms with E-state index in [2.05, 4.69) is 0 Å². The number of aromatic hydroxyl groups is 1. The number of aliphatic hydroxyl groups excluding tert-OH is 6. The molecule has 0 saturated carbocycles. The zero-order valence-electron chi connectivity index (χ0n) is 21.9. The minimum Gasteiger partial charge on any atom is -0.507 e. The van der Waals surface area contributed by atoms with E-state index >= 15 is 0 Å². The zero-order chi connectivity index (χ0) is 29.6. The van der Waals surface area contributed by atoms with Gasteiger partial charge >= 0.3 is 0 Å². The molecule has 14 nitrogen and oxygen atoms in total. The highest BCUT2D eigenvalue weighted by molar-refractivity contribution is 5.88. The predicted octanol–water partition coefficient (Wildman–Crippen LogP) is -0.802. The maximum absolute atomic E-state index is 13.7. The van der Waals surface area contributed by atoms with Crippen molar-refractivity contribution < 1.29 is 63.8 Å². The number of phenols is 1. The van der Waals surface area contributed by atoms with Crippen LogP contribution in [0.25, 0.3) is 22.3 Å². The Labute approximate surface area is 232 Å². The highest BCUT2D eigenvalue weighted by Crippen LogP contribution is 2.38. The average Bonchev–Trinajstić information content (AvgIpc) is 2.96. The third-order valence-electron chi connectivity index (χ3n) is 7.01. The Morgan fingerprint density at radius 2 is 1.51 bits per heavy atom. The first kappa shape index (κ1) is 29.0. The molecule has 0 spiro atoms. The molecule has 0 radical (unpaired) electrons. The summed E-state index contributed by atoms with van der Waals surface area (Å²) in [6, 6.07) is 8.61. The van der Waals surface area contributed by atoms with E-state index in [1.807, 2.05) is 0 Å². The number of methoxy groups -OCH3 is 1. The van der Waals surface area contributed by atoms with Gasteiger partial charge in [-0.15, -0.1) is 0 Å². The maximum atomic E-state index is 13.7. The lowest BCUT2D eigenvalue weighted by atomic mass is 10.00.